The Labute approximate surface area is 261 Å². The maximum atomic E-state index is 14.5. The molecule has 230 valence electrons. The van der Waals surface area contributed by atoms with Gasteiger partial charge in [-0.05, 0) is 81.1 Å². The van der Waals surface area contributed by atoms with E-state index >= 15 is 0 Å². The van der Waals surface area contributed by atoms with E-state index in [4.69, 9.17) is 0 Å². The molecule has 1 atom stereocenters. The Morgan fingerprint density at radius 3 is 1.86 bits per heavy atom. The molecule has 0 radical (unpaired) electrons. The summed E-state index contributed by atoms with van der Waals surface area (Å²) >= 11 is 0. The largest absolute Gasteiger partial charge is 0.355 e. The number of nitrogens with zero attached hydrogens (tertiary/aromatic N) is 2. The number of rotatable bonds is 12. The second kappa shape index (κ2) is 14.4. The van der Waals surface area contributed by atoms with Gasteiger partial charge >= 0.3 is 0 Å². The van der Waals surface area contributed by atoms with Gasteiger partial charge in [0, 0.05) is 19.5 Å². The van der Waals surface area contributed by atoms with Crippen molar-refractivity contribution in [2.24, 2.45) is 0 Å². The van der Waals surface area contributed by atoms with Crippen molar-refractivity contribution in [1.29, 1.82) is 0 Å². The molecule has 44 heavy (non-hydrogen) atoms. The smallest absolute Gasteiger partial charge is 0.264 e. The molecular weight excluding hydrogens is 570 g/mol. The van der Waals surface area contributed by atoms with Gasteiger partial charge in [0.05, 0.1) is 10.6 Å². The number of anilines is 1. The van der Waals surface area contributed by atoms with Gasteiger partial charge < -0.3 is 10.2 Å². The minimum Gasteiger partial charge on any atom is -0.355 e. The van der Waals surface area contributed by atoms with E-state index in [-0.39, 0.29) is 23.8 Å². The van der Waals surface area contributed by atoms with Crippen molar-refractivity contribution < 1.29 is 18.0 Å². The Morgan fingerprint density at radius 1 is 0.727 bits per heavy atom. The highest BCUT2D eigenvalue weighted by Gasteiger charge is 2.34. The highest BCUT2D eigenvalue weighted by molar-refractivity contribution is 7.92. The van der Waals surface area contributed by atoms with Gasteiger partial charge in [0.1, 0.15) is 12.6 Å². The molecule has 4 aromatic carbocycles. The normalized spacial score (nSPS) is 11.9. The molecule has 0 aliphatic carbocycles. The summed E-state index contributed by atoms with van der Waals surface area (Å²) in [6.45, 7) is 9.55. The Kier molecular flexibility index (Phi) is 10.6. The van der Waals surface area contributed by atoms with Crippen LogP contribution in [0.3, 0.4) is 0 Å². The van der Waals surface area contributed by atoms with Crippen LogP contribution in [0.4, 0.5) is 5.69 Å². The van der Waals surface area contributed by atoms with E-state index in [1.165, 1.54) is 9.21 Å². The zero-order valence-electron chi connectivity index (χ0n) is 26.1. The van der Waals surface area contributed by atoms with E-state index in [2.05, 4.69) is 5.32 Å². The number of likely N-dealkylation sites (N-methyl/N-ethyl adjacent to an activating group) is 1. The summed E-state index contributed by atoms with van der Waals surface area (Å²) in [5.41, 5.74) is 5.86. The van der Waals surface area contributed by atoms with Crippen molar-refractivity contribution in [3.05, 3.63) is 130 Å². The van der Waals surface area contributed by atoms with E-state index < -0.39 is 28.5 Å². The lowest BCUT2D eigenvalue weighted by Crippen LogP contribution is -2.53. The predicted octanol–water partition coefficient (Wildman–Crippen LogP) is 5.89. The average Bonchev–Trinajstić information content (AvgIpc) is 2.98. The summed E-state index contributed by atoms with van der Waals surface area (Å²) in [5.74, 6) is -0.774. The molecule has 1 unspecified atom stereocenters. The van der Waals surface area contributed by atoms with Crippen LogP contribution in [0, 0.1) is 27.7 Å². The van der Waals surface area contributed by atoms with Crippen LogP contribution in [0.5, 0.6) is 0 Å². The van der Waals surface area contributed by atoms with E-state index in [1.807, 2.05) is 95.3 Å². The molecule has 0 spiro atoms. The quantitative estimate of drug-likeness (QED) is 0.216. The van der Waals surface area contributed by atoms with Crippen molar-refractivity contribution in [2.75, 3.05) is 17.4 Å². The number of amides is 2. The Hall–Kier alpha value is -4.43. The maximum absolute atomic E-state index is 14.5. The lowest BCUT2D eigenvalue weighted by atomic mass is 10.0. The van der Waals surface area contributed by atoms with Crippen LogP contribution in [0.1, 0.15) is 40.3 Å². The van der Waals surface area contributed by atoms with Crippen molar-refractivity contribution in [3.63, 3.8) is 0 Å². The molecule has 0 fully saturated rings. The molecule has 2 amide bonds. The van der Waals surface area contributed by atoms with Crippen LogP contribution in [-0.4, -0.2) is 44.3 Å². The molecule has 4 aromatic rings. The fraction of sp³-hybridized carbons (Fsp3) is 0.278. The molecule has 0 heterocycles. The standard InChI is InChI=1S/C36H41N3O4S/c1-6-37-36(41)34(23-30-10-8-7-9-11-30)38(24-31-16-12-26(2)13-17-31)35(40)25-39(32-21-28(4)20-29(5)22-32)44(42,43)33-18-14-27(3)15-19-33/h7-22,34H,6,23-25H2,1-5H3,(H,37,41). The summed E-state index contributed by atoms with van der Waals surface area (Å²) in [6, 6.07) is 28.5. The van der Waals surface area contributed by atoms with Crippen LogP contribution in [0.25, 0.3) is 0 Å². The third-order valence-electron chi connectivity index (χ3n) is 7.48. The topological polar surface area (TPSA) is 86.8 Å². The highest BCUT2D eigenvalue weighted by atomic mass is 32.2. The SMILES string of the molecule is CCNC(=O)C(Cc1ccccc1)N(Cc1ccc(C)cc1)C(=O)CN(c1cc(C)cc(C)c1)S(=O)(=O)c1ccc(C)cc1. The Bertz CT molecular complexity index is 1670. The maximum Gasteiger partial charge on any atom is 0.264 e. The number of hydrogen-bond donors (Lipinski definition) is 1. The number of benzene rings is 4. The molecule has 0 bridgehead atoms. The summed E-state index contributed by atoms with van der Waals surface area (Å²) in [7, 11) is -4.14. The summed E-state index contributed by atoms with van der Waals surface area (Å²) in [6.07, 6.45) is 0.276. The van der Waals surface area contributed by atoms with Gasteiger partial charge in [-0.2, -0.15) is 0 Å². The Morgan fingerprint density at radius 2 is 1.30 bits per heavy atom. The fourth-order valence-electron chi connectivity index (χ4n) is 5.20. The number of carbonyl (C=O) groups excluding carboxylic acids is 2. The van der Waals surface area contributed by atoms with E-state index in [0.717, 1.165) is 33.4 Å². The molecule has 0 aliphatic rings. The molecule has 0 aromatic heterocycles. The number of hydrogen-bond acceptors (Lipinski definition) is 4. The highest BCUT2D eigenvalue weighted by Crippen LogP contribution is 2.27. The first-order valence-corrected chi connectivity index (χ1v) is 16.3. The molecule has 8 heteroatoms. The van der Waals surface area contributed by atoms with Crippen LogP contribution in [0.2, 0.25) is 0 Å². The van der Waals surface area contributed by atoms with Crippen LogP contribution in [-0.2, 0) is 32.6 Å². The van der Waals surface area contributed by atoms with Gasteiger partial charge in [0.2, 0.25) is 11.8 Å². The molecule has 1 N–H and O–H groups in total. The van der Waals surface area contributed by atoms with Crippen LogP contribution in [0.15, 0.2) is 102 Å². The predicted molar refractivity (Wildman–Crippen MR) is 176 cm³/mol. The minimum absolute atomic E-state index is 0.0877. The van der Waals surface area contributed by atoms with Gasteiger partial charge in [-0.3, -0.25) is 13.9 Å². The molecule has 7 nitrogen and oxygen atoms in total. The van der Waals surface area contributed by atoms with Crippen molar-refractivity contribution in [1.82, 2.24) is 10.2 Å². The fourth-order valence-corrected chi connectivity index (χ4v) is 6.59. The van der Waals surface area contributed by atoms with E-state index in [1.54, 1.807) is 36.4 Å². The lowest BCUT2D eigenvalue weighted by Gasteiger charge is -2.34. The zero-order valence-corrected chi connectivity index (χ0v) is 26.9. The number of sulfonamides is 1. The second-order valence-corrected chi connectivity index (χ2v) is 13.1. The summed E-state index contributed by atoms with van der Waals surface area (Å²) < 4.78 is 29.6. The summed E-state index contributed by atoms with van der Waals surface area (Å²) in [4.78, 5) is 29.7. The average molecular weight is 612 g/mol. The van der Waals surface area contributed by atoms with E-state index in [0.29, 0.717) is 12.2 Å². The molecule has 0 aliphatic heterocycles. The number of nitrogens with one attached hydrogen (secondary N) is 1. The molecule has 0 saturated carbocycles. The first kappa shape index (κ1) is 32.5. The van der Waals surface area contributed by atoms with E-state index in [9.17, 15) is 18.0 Å². The lowest BCUT2D eigenvalue weighted by molar-refractivity contribution is -0.140. The van der Waals surface area contributed by atoms with Crippen molar-refractivity contribution >= 4 is 27.5 Å². The first-order chi connectivity index (χ1) is 21.0. The van der Waals surface area contributed by atoms with Crippen LogP contribution < -0.4 is 9.62 Å². The van der Waals surface area contributed by atoms with Gasteiger partial charge in [-0.25, -0.2) is 8.42 Å². The van der Waals surface area contributed by atoms with Gasteiger partial charge in [-0.1, -0.05) is 83.9 Å². The third kappa shape index (κ3) is 8.14. The third-order valence-corrected chi connectivity index (χ3v) is 9.27. The van der Waals surface area contributed by atoms with Crippen LogP contribution >= 0.6 is 0 Å². The van der Waals surface area contributed by atoms with Gasteiger partial charge in [0.15, 0.2) is 0 Å². The minimum atomic E-state index is -4.14. The number of aryl methyl sites for hydroxylation is 4. The summed E-state index contributed by atoms with van der Waals surface area (Å²) in [5, 5.41) is 2.89. The Balaban J connectivity index is 1.81. The van der Waals surface area contributed by atoms with Crippen molar-refractivity contribution in [2.45, 2.75) is 58.5 Å². The first-order valence-electron chi connectivity index (χ1n) is 14.8. The van der Waals surface area contributed by atoms with Gasteiger partial charge in [0.25, 0.3) is 10.0 Å². The van der Waals surface area contributed by atoms with Gasteiger partial charge in [-0.15, -0.1) is 0 Å². The molecule has 0 saturated heterocycles. The van der Waals surface area contributed by atoms with Crippen molar-refractivity contribution in [3.8, 4) is 0 Å². The molecular formula is C36H41N3O4S. The zero-order chi connectivity index (χ0) is 31.9. The molecule has 4 rings (SSSR count). The second-order valence-electron chi connectivity index (χ2n) is 11.3. The number of carbonyl (C=O) groups is 2. The monoisotopic (exact) mass is 611 g/mol.